The van der Waals surface area contributed by atoms with Crippen LogP contribution in [-0.2, 0) is 4.79 Å². The van der Waals surface area contributed by atoms with Crippen molar-refractivity contribution in [3.8, 4) is 0 Å². The zero-order valence-corrected chi connectivity index (χ0v) is 17.0. The highest BCUT2D eigenvalue weighted by molar-refractivity contribution is 5.93. The maximum absolute atomic E-state index is 12.7. The minimum absolute atomic E-state index is 0.131. The molecule has 1 amide bonds. The lowest BCUT2D eigenvalue weighted by Crippen LogP contribution is -2.49. The van der Waals surface area contributed by atoms with Gasteiger partial charge >= 0.3 is 0 Å². The molecule has 0 spiro atoms. The molecule has 0 saturated carbocycles. The van der Waals surface area contributed by atoms with Gasteiger partial charge in [-0.2, -0.15) is 0 Å². The van der Waals surface area contributed by atoms with E-state index in [2.05, 4.69) is 11.8 Å². The number of amides is 1. The molecule has 0 unspecified atom stereocenters. The van der Waals surface area contributed by atoms with E-state index in [4.69, 9.17) is 0 Å². The van der Waals surface area contributed by atoms with Crippen molar-refractivity contribution in [3.05, 3.63) is 66.2 Å². The van der Waals surface area contributed by atoms with Gasteiger partial charge in [-0.1, -0.05) is 55.5 Å². The standard InChI is InChI=1S/C24H32N2O2/c1-3-24(28)26(22-14-8-5-9-15-22)19(2)21-13-10-16-25(17-21)18-23(27)20-11-6-4-7-12-20/h4-9,11-12,14-15,19,21,23,27H,3,10,13,16-18H2,1-2H3/t19-,21+,23-/m0/s1. The molecular weight excluding hydrogens is 348 g/mol. The van der Waals surface area contributed by atoms with Crippen LogP contribution in [0.5, 0.6) is 0 Å². The predicted molar refractivity (Wildman–Crippen MR) is 114 cm³/mol. The van der Waals surface area contributed by atoms with E-state index in [9.17, 15) is 9.90 Å². The molecule has 2 aromatic carbocycles. The number of carbonyl (C=O) groups excluding carboxylic acids is 1. The summed E-state index contributed by atoms with van der Waals surface area (Å²) in [5.41, 5.74) is 1.94. The van der Waals surface area contributed by atoms with Crippen LogP contribution in [0.2, 0.25) is 0 Å². The third kappa shape index (κ3) is 5.00. The highest BCUT2D eigenvalue weighted by atomic mass is 16.3. The fraction of sp³-hybridized carbons (Fsp3) is 0.458. The summed E-state index contributed by atoms with van der Waals surface area (Å²) in [5.74, 6) is 0.563. The lowest BCUT2D eigenvalue weighted by atomic mass is 9.89. The van der Waals surface area contributed by atoms with Gasteiger partial charge < -0.3 is 14.9 Å². The fourth-order valence-electron chi connectivity index (χ4n) is 4.25. The number of para-hydroxylation sites is 1. The number of β-amino-alcohol motifs (C(OH)–C–C–N with tert-alkyl or cyclic N) is 1. The van der Waals surface area contributed by atoms with Crippen molar-refractivity contribution in [2.24, 2.45) is 5.92 Å². The van der Waals surface area contributed by atoms with E-state index >= 15 is 0 Å². The number of hydrogen-bond donors (Lipinski definition) is 1. The lowest BCUT2D eigenvalue weighted by Gasteiger charge is -2.41. The van der Waals surface area contributed by atoms with Gasteiger partial charge in [-0.3, -0.25) is 4.79 Å². The summed E-state index contributed by atoms with van der Waals surface area (Å²) in [6.45, 7) is 6.64. The number of likely N-dealkylation sites (tertiary alicyclic amines) is 1. The largest absolute Gasteiger partial charge is 0.387 e. The second-order valence-corrected chi connectivity index (χ2v) is 7.78. The number of aliphatic hydroxyl groups excluding tert-OH is 1. The van der Waals surface area contributed by atoms with Crippen molar-refractivity contribution < 1.29 is 9.90 Å². The van der Waals surface area contributed by atoms with Gasteiger partial charge in [0.05, 0.1) is 6.10 Å². The van der Waals surface area contributed by atoms with Crippen molar-refractivity contribution in [2.75, 3.05) is 24.5 Å². The van der Waals surface area contributed by atoms with E-state index in [1.54, 1.807) is 0 Å². The molecule has 1 saturated heterocycles. The molecule has 4 nitrogen and oxygen atoms in total. The molecule has 1 fully saturated rings. The van der Waals surface area contributed by atoms with E-state index in [1.807, 2.05) is 72.5 Å². The van der Waals surface area contributed by atoms with Gasteiger partial charge in [0.25, 0.3) is 0 Å². The Bertz CT molecular complexity index is 735. The topological polar surface area (TPSA) is 43.8 Å². The second kappa shape index (κ2) is 9.85. The Morgan fingerprint density at radius 2 is 1.79 bits per heavy atom. The minimum Gasteiger partial charge on any atom is -0.387 e. The number of nitrogens with zero attached hydrogens (tertiary/aromatic N) is 2. The summed E-state index contributed by atoms with van der Waals surface area (Å²) in [5, 5.41) is 10.6. The Labute approximate surface area is 168 Å². The summed E-state index contributed by atoms with van der Waals surface area (Å²) in [7, 11) is 0. The summed E-state index contributed by atoms with van der Waals surface area (Å²) in [6, 6.07) is 20.0. The van der Waals surface area contributed by atoms with Crippen LogP contribution in [0.25, 0.3) is 0 Å². The first kappa shape index (κ1) is 20.6. The number of piperidine rings is 1. The average Bonchev–Trinajstić information content (AvgIpc) is 2.75. The van der Waals surface area contributed by atoms with Crippen LogP contribution in [-0.4, -0.2) is 41.6 Å². The summed E-state index contributed by atoms with van der Waals surface area (Å²) in [4.78, 5) is 17.0. The van der Waals surface area contributed by atoms with Crippen LogP contribution < -0.4 is 4.90 Å². The molecule has 28 heavy (non-hydrogen) atoms. The van der Waals surface area contributed by atoms with Crippen molar-refractivity contribution in [2.45, 2.75) is 45.3 Å². The van der Waals surface area contributed by atoms with E-state index in [0.717, 1.165) is 37.2 Å². The molecule has 0 radical (unpaired) electrons. The van der Waals surface area contributed by atoms with Gasteiger partial charge in [0.15, 0.2) is 0 Å². The molecule has 3 rings (SSSR count). The third-order valence-corrected chi connectivity index (χ3v) is 5.85. The SMILES string of the molecule is CCC(=O)N(c1ccccc1)[C@@H](C)[C@@H]1CCCN(C[C@H](O)c2ccccc2)C1. The Kier molecular flexibility index (Phi) is 7.24. The first-order valence-corrected chi connectivity index (χ1v) is 10.4. The van der Waals surface area contributed by atoms with E-state index in [0.29, 0.717) is 18.9 Å². The molecule has 0 bridgehead atoms. The van der Waals surface area contributed by atoms with Crippen molar-refractivity contribution in [3.63, 3.8) is 0 Å². The normalized spacial score (nSPS) is 19.8. The van der Waals surface area contributed by atoms with Crippen molar-refractivity contribution in [1.82, 2.24) is 4.90 Å². The van der Waals surface area contributed by atoms with E-state index in [1.165, 1.54) is 0 Å². The first-order chi connectivity index (χ1) is 13.6. The van der Waals surface area contributed by atoms with Crippen LogP contribution in [0.3, 0.4) is 0 Å². The van der Waals surface area contributed by atoms with Gasteiger partial charge in [-0.05, 0) is 49.9 Å². The second-order valence-electron chi connectivity index (χ2n) is 7.78. The monoisotopic (exact) mass is 380 g/mol. The molecular formula is C24H32N2O2. The molecule has 0 aromatic heterocycles. The number of anilines is 1. The zero-order valence-electron chi connectivity index (χ0n) is 17.0. The van der Waals surface area contributed by atoms with Gasteiger partial charge in [-0.15, -0.1) is 0 Å². The van der Waals surface area contributed by atoms with Gasteiger partial charge in [0.1, 0.15) is 0 Å². The summed E-state index contributed by atoms with van der Waals surface area (Å²) >= 11 is 0. The Morgan fingerprint density at radius 3 is 2.43 bits per heavy atom. The molecule has 1 aliphatic rings. The number of aliphatic hydroxyl groups is 1. The fourth-order valence-corrected chi connectivity index (χ4v) is 4.25. The number of hydrogen-bond acceptors (Lipinski definition) is 3. The number of rotatable bonds is 7. The first-order valence-electron chi connectivity index (χ1n) is 10.4. The van der Waals surface area contributed by atoms with Crippen LogP contribution in [0, 0.1) is 5.92 Å². The highest BCUT2D eigenvalue weighted by Crippen LogP contribution is 2.28. The Hall–Kier alpha value is -2.17. The van der Waals surface area contributed by atoms with Gasteiger partial charge in [0.2, 0.25) is 5.91 Å². The maximum atomic E-state index is 12.7. The van der Waals surface area contributed by atoms with Crippen LogP contribution in [0.1, 0.15) is 44.8 Å². The molecule has 3 atom stereocenters. The highest BCUT2D eigenvalue weighted by Gasteiger charge is 2.31. The van der Waals surface area contributed by atoms with Crippen LogP contribution in [0.15, 0.2) is 60.7 Å². The van der Waals surface area contributed by atoms with Crippen molar-refractivity contribution in [1.29, 1.82) is 0 Å². The molecule has 1 heterocycles. The molecule has 2 aromatic rings. The quantitative estimate of drug-likeness (QED) is 0.780. The molecule has 4 heteroatoms. The number of benzene rings is 2. The van der Waals surface area contributed by atoms with Gasteiger partial charge in [-0.25, -0.2) is 0 Å². The predicted octanol–water partition coefficient (Wildman–Crippen LogP) is 4.26. The zero-order chi connectivity index (χ0) is 19.9. The van der Waals surface area contributed by atoms with Gasteiger partial charge in [0, 0.05) is 31.2 Å². The Balaban J connectivity index is 1.68. The summed E-state index contributed by atoms with van der Waals surface area (Å²) < 4.78 is 0. The van der Waals surface area contributed by atoms with Crippen molar-refractivity contribution >= 4 is 11.6 Å². The maximum Gasteiger partial charge on any atom is 0.226 e. The van der Waals surface area contributed by atoms with E-state index in [-0.39, 0.29) is 11.9 Å². The van der Waals surface area contributed by atoms with Crippen LogP contribution >= 0.6 is 0 Å². The average molecular weight is 381 g/mol. The Morgan fingerprint density at radius 1 is 1.14 bits per heavy atom. The number of carbonyl (C=O) groups is 1. The summed E-state index contributed by atoms with van der Waals surface area (Å²) in [6.07, 6.45) is 2.24. The molecule has 0 aliphatic carbocycles. The van der Waals surface area contributed by atoms with Crippen LogP contribution in [0.4, 0.5) is 5.69 Å². The lowest BCUT2D eigenvalue weighted by molar-refractivity contribution is -0.119. The van der Waals surface area contributed by atoms with E-state index < -0.39 is 6.10 Å². The molecule has 1 aliphatic heterocycles. The minimum atomic E-state index is -0.474. The molecule has 150 valence electrons. The smallest absolute Gasteiger partial charge is 0.226 e. The molecule has 1 N–H and O–H groups in total. The third-order valence-electron chi connectivity index (χ3n) is 5.85.